The SMILES string of the molecule is Cc1[nH]c2ccccc2c1Sc1ccc(C(C)C)cc1. The molecule has 0 saturated carbocycles. The lowest BCUT2D eigenvalue weighted by Crippen LogP contribution is -1.85. The number of hydrogen-bond acceptors (Lipinski definition) is 1. The van der Waals surface area contributed by atoms with Crippen LogP contribution >= 0.6 is 11.8 Å². The molecule has 3 aromatic rings. The molecule has 0 unspecified atom stereocenters. The summed E-state index contributed by atoms with van der Waals surface area (Å²) in [7, 11) is 0. The van der Waals surface area contributed by atoms with Gasteiger partial charge in [0.05, 0.1) is 0 Å². The predicted octanol–water partition coefficient (Wildman–Crippen LogP) is 5.75. The van der Waals surface area contributed by atoms with Crippen molar-refractivity contribution in [2.24, 2.45) is 0 Å². The molecule has 0 saturated heterocycles. The van der Waals surface area contributed by atoms with E-state index in [1.807, 2.05) is 11.8 Å². The quantitative estimate of drug-likeness (QED) is 0.646. The molecule has 3 rings (SSSR count). The van der Waals surface area contributed by atoms with Crippen LogP contribution in [0.15, 0.2) is 58.3 Å². The first-order chi connectivity index (χ1) is 9.65. The molecule has 0 atom stereocenters. The first kappa shape index (κ1) is 13.3. The zero-order valence-corrected chi connectivity index (χ0v) is 12.9. The second kappa shape index (κ2) is 5.37. The van der Waals surface area contributed by atoms with Gasteiger partial charge in [0.2, 0.25) is 0 Å². The minimum absolute atomic E-state index is 0.587. The zero-order chi connectivity index (χ0) is 14.1. The topological polar surface area (TPSA) is 15.8 Å². The summed E-state index contributed by atoms with van der Waals surface area (Å²) in [5, 5.41) is 1.31. The van der Waals surface area contributed by atoms with Crippen molar-refractivity contribution in [1.29, 1.82) is 0 Å². The van der Waals surface area contributed by atoms with Gasteiger partial charge in [-0.3, -0.25) is 0 Å². The first-order valence-corrected chi connectivity index (χ1v) is 7.82. The van der Waals surface area contributed by atoms with Crippen molar-refractivity contribution >= 4 is 22.7 Å². The third kappa shape index (κ3) is 2.48. The molecule has 0 radical (unpaired) electrons. The Morgan fingerprint density at radius 3 is 2.35 bits per heavy atom. The van der Waals surface area contributed by atoms with Gasteiger partial charge < -0.3 is 4.98 Å². The van der Waals surface area contributed by atoms with Gasteiger partial charge in [0, 0.05) is 26.4 Å². The van der Waals surface area contributed by atoms with Crippen LogP contribution in [-0.4, -0.2) is 4.98 Å². The fourth-order valence-electron chi connectivity index (χ4n) is 2.42. The molecule has 0 aliphatic heterocycles. The lowest BCUT2D eigenvalue weighted by molar-refractivity contribution is 0.865. The predicted molar refractivity (Wildman–Crippen MR) is 87.7 cm³/mol. The standard InChI is InChI=1S/C18H19NS/c1-12(2)14-8-10-15(11-9-14)20-18-13(3)19-17-7-5-4-6-16(17)18/h4-12,19H,1-3H3. The monoisotopic (exact) mass is 281 g/mol. The molecule has 20 heavy (non-hydrogen) atoms. The van der Waals surface area contributed by atoms with Gasteiger partial charge in [0.25, 0.3) is 0 Å². The molecule has 0 amide bonds. The van der Waals surface area contributed by atoms with E-state index in [2.05, 4.69) is 74.3 Å². The van der Waals surface area contributed by atoms with Crippen LogP contribution in [-0.2, 0) is 0 Å². The van der Waals surface area contributed by atoms with E-state index in [0.29, 0.717) is 5.92 Å². The number of fused-ring (bicyclic) bond motifs is 1. The second-order valence-corrected chi connectivity index (χ2v) is 6.53. The second-order valence-electron chi connectivity index (χ2n) is 5.45. The molecular weight excluding hydrogens is 262 g/mol. The van der Waals surface area contributed by atoms with Gasteiger partial charge >= 0.3 is 0 Å². The van der Waals surface area contributed by atoms with Gasteiger partial charge in [-0.15, -0.1) is 0 Å². The van der Waals surface area contributed by atoms with Crippen molar-refractivity contribution in [1.82, 2.24) is 4.98 Å². The third-order valence-electron chi connectivity index (χ3n) is 3.60. The van der Waals surface area contributed by atoms with E-state index in [9.17, 15) is 0 Å². The molecule has 0 bridgehead atoms. The van der Waals surface area contributed by atoms with Crippen LogP contribution in [0.4, 0.5) is 0 Å². The minimum Gasteiger partial charge on any atom is -0.358 e. The summed E-state index contributed by atoms with van der Waals surface area (Å²) in [4.78, 5) is 6.08. The van der Waals surface area contributed by atoms with Gasteiger partial charge in [0.1, 0.15) is 0 Å². The van der Waals surface area contributed by atoms with E-state index < -0.39 is 0 Å². The highest BCUT2D eigenvalue weighted by atomic mass is 32.2. The van der Waals surface area contributed by atoms with E-state index in [0.717, 1.165) is 0 Å². The van der Waals surface area contributed by atoms with Gasteiger partial charge in [0.15, 0.2) is 0 Å². The number of benzene rings is 2. The highest BCUT2D eigenvalue weighted by Gasteiger charge is 2.09. The Bertz CT molecular complexity index is 723. The summed E-state index contributed by atoms with van der Waals surface area (Å²) in [6, 6.07) is 17.4. The molecule has 2 aromatic carbocycles. The minimum atomic E-state index is 0.587. The fraction of sp³-hybridized carbons (Fsp3) is 0.222. The number of rotatable bonds is 3. The zero-order valence-electron chi connectivity index (χ0n) is 12.1. The molecule has 1 heterocycles. The van der Waals surface area contributed by atoms with Crippen LogP contribution in [0.5, 0.6) is 0 Å². The van der Waals surface area contributed by atoms with Crippen LogP contribution in [0.1, 0.15) is 31.0 Å². The van der Waals surface area contributed by atoms with Gasteiger partial charge in [-0.25, -0.2) is 0 Å². The molecule has 102 valence electrons. The number of para-hydroxylation sites is 1. The average molecular weight is 281 g/mol. The maximum Gasteiger partial charge on any atom is 0.0467 e. The molecule has 0 aliphatic rings. The Labute approximate surface area is 124 Å². The Morgan fingerprint density at radius 2 is 1.65 bits per heavy atom. The maximum absolute atomic E-state index is 3.46. The van der Waals surface area contributed by atoms with E-state index in [-0.39, 0.29) is 0 Å². The molecular formula is C18H19NS. The third-order valence-corrected chi connectivity index (χ3v) is 4.84. The van der Waals surface area contributed by atoms with Crippen LogP contribution < -0.4 is 0 Å². The Balaban J connectivity index is 1.94. The van der Waals surface area contributed by atoms with Gasteiger partial charge in [-0.05, 0) is 36.6 Å². The summed E-state index contributed by atoms with van der Waals surface area (Å²) in [6.07, 6.45) is 0. The van der Waals surface area contributed by atoms with Crippen LogP contribution in [0.3, 0.4) is 0 Å². The fourth-order valence-corrected chi connectivity index (χ4v) is 3.42. The smallest absolute Gasteiger partial charge is 0.0467 e. The normalized spacial score (nSPS) is 11.4. The Morgan fingerprint density at radius 1 is 0.950 bits per heavy atom. The van der Waals surface area contributed by atoms with Crippen molar-refractivity contribution < 1.29 is 0 Å². The van der Waals surface area contributed by atoms with E-state index in [1.165, 1.54) is 32.0 Å². The lowest BCUT2D eigenvalue weighted by atomic mass is 10.0. The average Bonchev–Trinajstić information content (AvgIpc) is 2.76. The molecule has 2 heteroatoms. The van der Waals surface area contributed by atoms with Crippen LogP contribution in [0.2, 0.25) is 0 Å². The van der Waals surface area contributed by atoms with E-state index in [1.54, 1.807) is 0 Å². The molecule has 0 aliphatic carbocycles. The number of H-pyrrole nitrogens is 1. The summed E-state index contributed by atoms with van der Waals surface area (Å²) < 4.78 is 0. The van der Waals surface area contributed by atoms with E-state index >= 15 is 0 Å². The van der Waals surface area contributed by atoms with Gasteiger partial charge in [-0.1, -0.05) is 55.9 Å². The first-order valence-electron chi connectivity index (χ1n) is 7.00. The Hall–Kier alpha value is -1.67. The lowest BCUT2D eigenvalue weighted by Gasteiger charge is -2.07. The van der Waals surface area contributed by atoms with Crippen molar-refractivity contribution in [2.75, 3.05) is 0 Å². The highest BCUT2D eigenvalue weighted by Crippen LogP contribution is 2.36. The molecule has 1 aromatic heterocycles. The maximum atomic E-state index is 3.46. The van der Waals surface area contributed by atoms with Gasteiger partial charge in [-0.2, -0.15) is 0 Å². The molecule has 1 N–H and O–H groups in total. The largest absolute Gasteiger partial charge is 0.358 e. The summed E-state index contributed by atoms with van der Waals surface area (Å²) >= 11 is 1.84. The number of aromatic amines is 1. The van der Waals surface area contributed by atoms with Crippen molar-refractivity contribution in [3.63, 3.8) is 0 Å². The van der Waals surface area contributed by atoms with E-state index in [4.69, 9.17) is 0 Å². The molecule has 0 fully saturated rings. The highest BCUT2D eigenvalue weighted by molar-refractivity contribution is 7.99. The van der Waals surface area contributed by atoms with Crippen LogP contribution in [0, 0.1) is 6.92 Å². The summed E-state index contributed by atoms with van der Waals surface area (Å²) in [5.74, 6) is 0.587. The van der Waals surface area contributed by atoms with Crippen LogP contribution in [0.25, 0.3) is 10.9 Å². The molecule has 0 spiro atoms. The van der Waals surface area contributed by atoms with Crippen molar-refractivity contribution in [3.8, 4) is 0 Å². The van der Waals surface area contributed by atoms with Crippen molar-refractivity contribution in [2.45, 2.75) is 36.5 Å². The summed E-state index contributed by atoms with van der Waals surface area (Å²) in [6.45, 7) is 6.60. The Kier molecular flexibility index (Phi) is 3.58. The van der Waals surface area contributed by atoms with Crippen molar-refractivity contribution in [3.05, 3.63) is 59.8 Å². The summed E-state index contributed by atoms with van der Waals surface area (Å²) in [5.41, 5.74) is 3.85. The number of aryl methyl sites for hydroxylation is 1. The number of hydrogen-bond donors (Lipinski definition) is 1. The number of nitrogens with one attached hydrogen (secondary N) is 1. The number of aromatic nitrogens is 1. The molecule has 1 nitrogen and oxygen atoms in total.